The molecule has 0 radical (unpaired) electrons. The van der Waals surface area contributed by atoms with Gasteiger partial charge in [0.25, 0.3) is 5.91 Å². The van der Waals surface area contributed by atoms with Gasteiger partial charge in [-0.15, -0.1) is 0 Å². The predicted molar refractivity (Wildman–Crippen MR) is 127 cm³/mol. The molecule has 7 nitrogen and oxygen atoms in total. The summed E-state index contributed by atoms with van der Waals surface area (Å²) in [4.78, 5) is 42.2. The number of carbonyl (C=O) groups is 3. The lowest BCUT2D eigenvalue weighted by molar-refractivity contribution is -0.135. The van der Waals surface area contributed by atoms with Crippen molar-refractivity contribution in [2.24, 2.45) is 0 Å². The molecule has 0 aliphatic carbocycles. The molecule has 172 valence electrons. The highest BCUT2D eigenvalue weighted by Crippen LogP contribution is 2.39. The Morgan fingerprint density at radius 2 is 1.91 bits per heavy atom. The van der Waals surface area contributed by atoms with E-state index in [-0.39, 0.29) is 24.4 Å². The maximum absolute atomic E-state index is 13.5. The molecule has 0 fully saturated rings. The summed E-state index contributed by atoms with van der Waals surface area (Å²) in [5.74, 6) is -0.572. The maximum Gasteiger partial charge on any atom is 0.322 e. The maximum atomic E-state index is 13.5. The van der Waals surface area contributed by atoms with E-state index in [1.165, 1.54) is 9.80 Å². The number of hydrogen-bond donors (Lipinski definition) is 2. The van der Waals surface area contributed by atoms with E-state index in [9.17, 15) is 14.4 Å². The first-order chi connectivity index (χ1) is 15.8. The third-order valence-electron chi connectivity index (χ3n) is 6.00. The second-order valence-corrected chi connectivity index (χ2v) is 8.81. The van der Waals surface area contributed by atoms with Gasteiger partial charge >= 0.3 is 6.03 Å². The molecule has 2 aromatic rings. The zero-order valence-corrected chi connectivity index (χ0v) is 19.8. The van der Waals surface area contributed by atoms with Crippen LogP contribution in [-0.2, 0) is 16.1 Å². The summed E-state index contributed by atoms with van der Waals surface area (Å²) in [6.07, 6.45) is 0. The van der Waals surface area contributed by atoms with E-state index >= 15 is 0 Å². The Bertz CT molecular complexity index is 1140. The molecule has 2 atom stereocenters. The molecule has 0 saturated heterocycles. The fourth-order valence-electron chi connectivity index (χ4n) is 4.20. The van der Waals surface area contributed by atoms with Crippen LogP contribution in [0, 0.1) is 0 Å². The van der Waals surface area contributed by atoms with Crippen LogP contribution >= 0.6 is 23.2 Å². The lowest BCUT2D eigenvalue weighted by Crippen LogP contribution is -2.47. The van der Waals surface area contributed by atoms with Crippen LogP contribution < -0.4 is 10.6 Å². The average molecular weight is 487 g/mol. The van der Waals surface area contributed by atoms with Gasteiger partial charge in [-0.1, -0.05) is 59.6 Å². The van der Waals surface area contributed by atoms with Crippen LogP contribution in [0.5, 0.6) is 0 Å². The normalized spacial score (nSPS) is 18.8. The minimum absolute atomic E-state index is 0.164. The summed E-state index contributed by atoms with van der Waals surface area (Å²) < 4.78 is 0. The number of hydrogen-bond acceptors (Lipinski definition) is 3. The molecular formula is C24H24Cl2N4O3. The lowest BCUT2D eigenvalue weighted by atomic mass is 9.95. The quantitative estimate of drug-likeness (QED) is 0.649. The first-order valence-electron chi connectivity index (χ1n) is 10.7. The van der Waals surface area contributed by atoms with Gasteiger partial charge in [0, 0.05) is 23.1 Å². The van der Waals surface area contributed by atoms with Crippen LogP contribution in [-0.4, -0.2) is 46.8 Å². The summed E-state index contributed by atoms with van der Waals surface area (Å²) >= 11 is 12.4. The minimum Gasteiger partial charge on any atom is -0.350 e. The third-order valence-corrected chi connectivity index (χ3v) is 6.56. The Morgan fingerprint density at radius 3 is 2.58 bits per heavy atom. The second kappa shape index (κ2) is 9.45. The molecule has 0 bridgehead atoms. The molecule has 2 aliphatic rings. The van der Waals surface area contributed by atoms with Crippen LogP contribution in [0.2, 0.25) is 10.0 Å². The van der Waals surface area contributed by atoms with Gasteiger partial charge in [-0.2, -0.15) is 0 Å². The molecule has 2 aliphatic heterocycles. The number of urea groups is 1. The molecule has 0 aromatic heterocycles. The Labute approximate surface area is 202 Å². The van der Waals surface area contributed by atoms with Crippen LogP contribution in [0.3, 0.4) is 0 Å². The van der Waals surface area contributed by atoms with Crippen LogP contribution in [0.4, 0.5) is 4.79 Å². The topological polar surface area (TPSA) is 81.8 Å². The summed E-state index contributed by atoms with van der Waals surface area (Å²) in [6, 6.07) is 12.7. The molecule has 2 heterocycles. The molecule has 4 rings (SSSR count). The standard InChI is InChI=1S/C24H24Cl2N4O3/c1-3-29-19-13-30(14(2)22(31)27-12-15-7-5-4-6-8-15)23(32)20(19)21(28-24(29)33)17-10-9-16(25)11-18(17)26/h4-11,14,21H,3,12-13H2,1-2H3,(H,27,31)(H,28,33). The Morgan fingerprint density at radius 1 is 1.18 bits per heavy atom. The van der Waals surface area contributed by atoms with Crippen molar-refractivity contribution >= 4 is 41.0 Å². The van der Waals surface area contributed by atoms with Crippen molar-refractivity contribution in [3.63, 3.8) is 0 Å². The number of nitrogens with one attached hydrogen (secondary N) is 2. The van der Waals surface area contributed by atoms with Crippen molar-refractivity contribution in [3.05, 3.63) is 81.0 Å². The van der Waals surface area contributed by atoms with E-state index in [2.05, 4.69) is 10.6 Å². The third kappa shape index (κ3) is 4.43. The number of benzene rings is 2. The van der Waals surface area contributed by atoms with Crippen LogP contribution in [0.15, 0.2) is 59.8 Å². The highest BCUT2D eigenvalue weighted by atomic mass is 35.5. The fraction of sp³-hybridized carbons (Fsp3) is 0.292. The highest BCUT2D eigenvalue weighted by molar-refractivity contribution is 6.35. The summed E-state index contributed by atoms with van der Waals surface area (Å²) in [7, 11) is 0. The van der Waals surface area contributed by atoms with Gasteiger partial charge in [-0.05, 0) is 37.1 Å². The van der Waals surface area contributed by atoms with E-state index in [1.54, 1.807) is 25.1 Å². The molecule has 2 unspecified atom stereocenters. The van der Waals surface area contributed by atoms with E-state index in [4.69, 9.17) is 23.2 Å². The molecule has 9 heteroatoms. The number of rotatable bonds is 6. The zero-order chi connectivity index (χ0) is 23.7. The monoisotopic (exact) mass is 486 g/mol. The molecule has 4 amide bonds. The smallest absolute Gasteiger partial charge is 0.322 e. The van der Waals surface area contributed by atoms with Gasteiger partial charge in [-0.25, -0.2) is 4.79 Å². The van der Waals surface area contributed by atoms with E-state index in [0.717, 1.165) is 5.56 Å². The van der Waals surface area contributed by atoms with Crippen molar-refractivity contribution in [2.75, 3.05) is 13.1 Å². The van der Waals surface area contributed by atoms with E-state index in [1.807, 2.05) is 37.3 Å². The SMILES string of the molecule is CCN1C(=O)NC(c2ccc(Cl)cc2Cl)C2=C1CN(C(C)C(=O)NCc1ccccc1)C2=O. The van der Waals surface area contributed by atoms with Gasteiger partial charge in [0.15, 0.2) is 0 Å². The van der Waals surface area contributed by atoms with Gasteiger partial charge in [0.2, 0.25) is 5.91 Å². The number of carbonyl (C=O) groups excluding carboxylic acids is 3. The molecule has 2 N–H and O–H groups in total. The predicted octanol–water partition coefficient (Wildman–Crippen LogP) is 3.88. The molecule has 0 saturated carbocycles. The fourth-order valence-corrected chi connectivity index (χ4v) is 4.72. The number of nitrogens with zero attached hydrogens (tertiary/aromatic N) is 2. The minimum atomic E-state index is -0.725. The summed E-state index contributed by atoms with van der Waals surface area (Å²) in [6.45, 7) is 4.44. The number of amides is 4. The summed E-state index contributed by atoms with van der Waals surface area (Å²) in [5, 5.41) is 6.58. The van der Waals surface area contributed by atoms with Crippen LogP contribution in [0.25, 0.3) is 0 Å². The second-order valence-electron chi connectivity index (χ2n) is 7.97. The largest absolute Gasteiger partial charge is 0.350 e. The van der Waals surface area contributed by atoms with Crippen molar-refractivity contribution in [1.29, 1.82) is 0 Å². The number of halogens is 2. The van der Waals surface area contributed by atoms with Crippen molar-refractivity contribution in [3.8, 4) is 0 Å². The van der Waals surface area contributed by atoms with Crippen molar-refractivity contribution < 1.29 is 14.4 Å². The molecular weight excluding hydrogens is 463 g/mol. The van der Waals surface area contributed by atoms with Crippen LogP contribution in [0.1, 0.15) is 31.0 Å². The van der Waals surface area contributed by atoms with Gasteiger partial charge < -0.3 is 15.5 Å². The average Bonchev–Trinajstić information content (AvgIpc) is 3.14. The first kappa shape index (κ1) is 23.1. The Balaban J connectivity index is 1.59. The van der Waals surface area contributed by atoms with Gasteiger partial charge in [0.1, 0.15) is 6.04 Å². The first-order valence-corrected chi connectivity index (χ1v) is 11.5. The van der Waals surface area contributed by atoms with E-state index < -0.39 is 12.1 Å². The Hall–Kier alpha value is -3.03. The van der Waals surface area contributed by atoms with Crippen molar-refractivity contribution in [1.82, 2.24) is 20.4 Å². The number of likely N-dealkylation sites (N-methyl/N-ethyl adjacent to an activating group) is 1. The van der Waals surface area contributed by atoms with Gasteiger partial charge in [0.05, 0.1) is 23.9 Å². The van der Waals surface area contributed by atoms with E-state index in [0.29, 0.717) is 40.0 Å². The highest BCUT2D eigenvalue weighted by Gasteiger charge is 2.46. The molecule has 2 aromatic carbocycles. The molecule has 0 spiro atoms. The summed E-state index contributed by atoms with van der Waals surface area (Å²) in [5.41, 5.74) is 2.55. The van der Waals surface area contributed by atoms with Crippen molar-refractivity contribution in [2.45, 2.75) is 32.5 Å². The molecule has 33 heavy (non-hydrogen) atoms. The van der Waals surface area contributed by atoms with Gasteiger partial charge in [-0.3, -0.25) is 14.5 Å². The Kier molecular flexibility index (Phi) is 6.63. The lowest BCUT2D eigenvalue weighted by Gasteiger charge is -2.33. The zero-order valence-electron chi connectivity index (χ0n) is 18.3.